The van der Waals surface area contributed by atoms with E-state index < -0.39 is 5.60 Å². The predicted octanol–water partition coefficient (Wildman–Crippen LogP) is 3.66. The van der Waals surface area contributed by atoms with Gasteiger partial charge in [-0.3, -0.25) is 9.78 Å². The minimum atomic E-state index is -0.989. The van der Waals surface area contributed by atoms with Gasteiger partial charge in [0.1, 0.15) is 11.4 Å². The first-order valence-corrected chi connectivity index (χ1v) is 9.63. The molecule has 1 saturated carbocycles. The molecule has 1 aliphatic rings. The number of hydrogen-bond acceptors (Lipinski definition) is 4. The Kier molecular flexibility index (Phi) is 6.02. The number of aromatic nitrogens is 1. The fraction of sp³-hybridized carbons (Fsp3) is 0.429. The van der Waals surface area contributed by atoms with E-state index in [9.17, 15) is 15.0 Å². The van der Waals surface area contributed by atoms with Gasteiger partial charge in [-0.25, -0.2) is 0 Å². The minimum absolute atomic E-state index is 0.0852. The Morgan fingerprint density at radius 1 is 1.22 bits per heavy atom. The number of pyridine rings is 1. The summed E-state index contributed by atoms with van der Waals surface area (Å²) in [6.45, 7) is 0. The van der Waals surface area contributed by atoms with Crippen LogP contribution < -0.4 is 0 Å². The highest BCUT2D eigenvalue weighted by molar-refractivity contribution is 6.30. The monoisotopic (exact) mass is 388 g/mol. The van der Waals surface area contributed by atoms with Crippen LogP contribution in [0.3, 0.4) is 0 Å². The first kappa shape index (κ1) is 19.6. The molecule has 1 amide bonds. The number of aromatic hydroxyl groups is 1. The topological polar surface area (TPSA) is 73.7 Å². The molecule has 1 aliphatic carbocycles. The van der Waals surface area contributed by atoms with Gasteiger partial charge in [-0.05, 0) is 61.9 Å². The van der Waals surface area contributed by atoms with E-state index >= 15 is 0 Å². The number of benzene rings is 1. The highest BCUT2D eigenvalue weighted by Gasteiger charge is 2.37. The molecule has 0 spiro atoms. The van der Waals surface area contributed by atoms with Crippen molar-refractivity contribution < 1.29 is 15.0 Å². The maximum atomic E-state index is 12.5. The molecule has 1 aromatic heterocycles. The van der Waals surface area contributed by atoms with Crippen molar-refractivity contribution in [1.82, 2.24) is 9.88 Å². The van der Waals surface area contributed by atoms with Crippen LogP contribution in [-0.2, 0) is 16.8 Å². The average molecular weight is 389 g/mol. The first-order chi connectivity index (χ1) is 12.9. The molecule has 0 aliphatic heterocycles. The van der Waals surface area contributed by atoms with Crippen LogP contribution in [0.5, 0.6) is 5.75 Å². The average Bonchev–Trinajstić information content (AvgIpc) is 2.68. The van der Waals surface area contributed by atoms with E-state index in [4.69, 9.17) is 11.6 Å². The van der Waals surface area contributed by atoms with E-state index in [-0.39, 0.29) is 17.7 Å². The molecule has 1 aromatic carbocycles. The SMILES string of the molecule is CN(C(=O)CCc1ccc(Cl)cc1)[C@H]1CC[C@@](O)(c2ccc(O)cn2)CC1. The summed E-state index contributed by atoms with van der Waals surface area (Å²) in [6.07, 6.45) is 5.04. The third-order valence-electron chi connectivity index (χ3n) is 5.49. The second-order valence-corrected chi connectivity index (χ2v) is 7.73. The number of carbonyl (C=O) groups excluding carboxylic acids is 1. The zero-order chi connectivity index (χ0) is 19.4. The summed E-state index contributed by atoms with van der Waals surface area (Å²) < 4.78 is 0. The second kappa shape index (κ2) is 8.28. The third kappa shape index (κ3) is 4.79. The van der Waals surface area contributed by atoms with Crippen molar-refractivity contribution in [3.8, 4) is 5.75 Å². The molecule has 1 fully saturated rings. The van der Waals surface area contributed by atoms with Crippen LogP contribution >= 0.6 is 11.6 Å². The summed E-state index contributed by atoms with van der Waals surface area (Å²) in [6, 6.07) is 10.9. The van der Waals surface area contributed by atoms with Crippen molar-refractivity contribution in [3.63, 3.8) is 0 Å². The standard InChI is InChI=1S/C21H25ClN2O3/c1-24(20(26)9-4-15-2-5-16(22)6-3-15)17-10-12-21(27,13-11-17)19-8-7-18(25)14-23-19/h2-3,5-8,14,17,25,27H,4,9-13H2,1H3/t17-,21-. The zero-order valence-electron chi connectivity index (χ0n) is 15.4. The molecule has 0 saturated heterocycles. The van der Waals surface area contributed by atoms with E-state index in [2.05, 4.69) is 4.98 Å². The number of hydrogen-bond donors (Lipinski definition) is 2. The van der Waals surface area contributed by atoms with Gasteiger partial charge in [0, 0.05) is 24.5 Å². The van der Waals surface area contributed by atoms with Gasteiger partial charge >= 0.3 is 0 Å². The van der Waals surface area contributed by atoms with Crippen molar-refractivity contribution in [2.45, 2.75) is 50.2 Å². The molecule has 2 aromatic rings. The molecular weight excluding hydrogens is 364 g/mol. The Bertz CT molecular complexity index is 769. The van der Waals surface area contributed by atoms with Gasteiger partial charge in [0.25, 0.3) is 0 Å². The van der Waals surface area contributed by atoms with Gasteiger partial charge in [0.2, 0.25) is 5.91 Å². The summed E-state index contributed by atoms with van der Waals surface area (Å²) in [5.41, 5.74) is 0.685. The van der Waals surface area contributed by atoms with Crippen LogP contribution in [0.2, 0.25) is 5.02 Å². The summed E-state index contributed by atoms with van der Waals surface area (Å²) in [7, 11) is 1.85. The Morgan fingerprint density at radius 2 is 1.89 bits per heavy atom. The third-order valence-corrected chi connectivity index (χ3v) is 5.74. The number of nitrogens with zero attached hydrogens (tertiary/aromatic N) is 2. The van der Waals surface area contributed by atoms with Crippen molar-refractivity contribution in [2.75, 3.05) is 7.05 Å². The van der Waals surface area contributed by atoms with Crippen LogP contribution in [-0.4, -0.2) is 39.1 Å². The molecule has 27 heavy (non-hydrogen) atoms. The highest BCUT2D eigenvalue weighted by atomic mass is 35.5. The van der Waals surface area contributed by atoms with Gasteiger partial charge in [-0.2, -0.15) is 0 Å². The van der Waals surface area contributed by atoms with E-state index in [1.807, 2.05) is 36.2 Å². The number of aryl methyl sites for hydroxylation is 1. The Hall–Kier alpha value is -2.11. The highest BCUT2D eigenvalue weighted by Crippen LogP contribution is 2.37. The van der Waals surface area contributed by atoms with E-state index in [0.717, 1.165) is 18.4 Å². The van der Waals surface area contributed by atoms with Crippen LogP contribution in [0.25, 0.3) is 0 Å². The molecule has 144 valence electrons. The van der Waals surface area contributed by atoms with Crippen molar-refractivity contribution in [1.29, 1.82) is 0 Å². The lowest BCUT2D eigenvalue weighted by molar-refractivity contribution is -0.134. The summed E-state index contributed by atoms with van der Waals surface area (Å²) >= 11 is 5.89. The lowest BCUT2D eigenvalue weighted by atomic mass is 9.79. The summed E-state index contributed by atoms with van der Waals surface area (Å²) in [5.74, 6) is 0.199. The largest absolute Gasteiger partial charge is 0.506 e. The van der Waals surface area contributed by atoms with E-state index in [1.54, 1.807) is 12.1 Å². The second-order valence-electron chi connectivity index (χ2n) is 7.30. The summed E-state index contributed by atoms with van der Waals surface area (Å²) in [4.78, 5) is 18.5. The number of rotatable bonds is 5. The smallest absolute Gasteiger partial charge is 0.222 e. The number of carbonyl (C=O) groups is 1. The molecule has 0 unspecified atom stereocenters. The predicted molar refractivity (Wildman–Crippen MR) is 105 cm³/mol. The van der Waals surface area contributed by atoms with Gasteiger partial charge < -0.3 is 15.1 Å². The molecule has 1 heterocycles. The van der Waals surface area contributed by atoms with Gasteiger partial charge in [-0.15, -0.1) is 0 Å². The van der Waals surface area contributed by atoms with Gasteiger partial charge in [-0.1, -0.05) is 23.7 Å². The minimum Gasteiger partial charge on any atom is -0.506 e. The molecule has 0 bridgehead atoms. The van der Waals surface area contributed by atoms with Crippen LogP contribution in [0.15, 0.2) is 42.6 Å². The van der Waals surface area contributed by atoms with Crippen molar-refractivity contribution in [2.24, 2.45) is 0 Å². The maximum absolute atomic E-state index is 12.5. The number of halogens is 1. The van der Waals surface area contributed by atoms with Crippen molar-refractivity contribution in [3.05, 3.63) is 58.9 Å². The number of amides is 1. The fourth-order valence-corrected chi connectivity index (χ4v) is 3.79. The molecule has 0 atom stereocenters. The zero-order valence-corrected chi connectivity index (χ0v) is 16.2. The van der Waals surface area contributed by atoms with Gasteiger partial charge in [0.05, 0.1) is 11.9 Å². The quantitative estimate of drug-likeness (QED) is 0.819. The Morgan fingerprint density at radius 3 is 2.48 bits per heavy atom. The van der Waals surface area contributed by atoms with E-state index in [1.165, 1.54) is 6.20 Å². The fourth-order valence-electron chi connectivity index (χ4n) is 3.67. The lowest BCUT2D eigenvalue weighted by Gasteiger charge is -2.39. The molecule has 6 heteroatoms. The summed E-state index contributed by atoms with van der Waals surface area (Å²) in [5, 5.41) is 20.9. The Balaban J connectivity index is 1.52. The molecular formula is C21H25ClN2O3. The molecule has 0 radical (unpaired) electrons. The van der Waals surface area contributed by atoms with Crippen molar-refractivity contribution >= 4 is 17.5 Å². The van der Waals surface area contributed by atoms with Crippen LogP contribution in [0.1, 0.15) is 43.4 Å². The number of aliphatic hydroxyl groups is 1. The van der Waals surface area contributed by atoms with Gasteiger partial charge in [0.15, 0.2) is 0 Å². The first-order valence-electron chi connectivity index (χ1n) is 9.25. The van der Waals surface area contributed by atoms with E-state index in [0.29, 0.717) is 36.4 Å². The lowest BCUT2D eigenvalue weighted by Crippen LogP contribution is -2.43. The normalized spacial score (nSPS) is 22.4. The van der Waals surface area contributed by atoms with Crippen LogP contribution in [0.4, 0.5) is 0 Å². The maximum Gasteiger partial charge on any atom is 0.222 e. The van der Waals surface area contributed by atoms with Crippen LogP contribution in [0, 0.1) is 0 Å². The molecule has 5 nitrogen and oxygen atoms in total. The molecule has 2 N–H and O–H groups in total. The Labute approximate surface area is 164 Å². The molecule has 3 rings (SSSR count).